The predicted octanol–water partition coefficient (Wildman–Crippen LogP) is 13.8. The molecule has 0 saturated heterocycles. The van der Waals surface area contributed by atoms with Crippen molar-refractivity contribution >= 4 is 13.7 Å². The Labute approximate surface area is 342 Å². The zero-order chi connectivity index (χ0) is 40.3. The summed E-state index contributed by atoms with van der Waals surface area (Å²) in [7, 11) is -4.31. The van der Waals surface area contributed by atoms with Gasteiger partial charge in [0.25, 0.3) is 0 Å². The average molecular weight is 803 g/mol. The summed E-state index contributed by atoms with van der Waals surface area (Å²) in [5.41, 5.74) is 5.38. The number of carbonyl (C=O) groups excluding carboxylic acids is 1. The molecule has 55 heavy (non-hydrogen) atoms. The van der Waals surface area contributed by atoms with E-state index in [-0.39, 0.29) is 25.7 Å². The molecule has 5 N–H and O–H groups in total. The van der Waals surface area contributed by atoms with Crippen LogP contribution in [0.15, 0.2) is 0 Å². The summed E-state index contributed by atoms with van der Waals surface area (Å²) in [6.45, 7) is 4.23. The lowest BCUT2D eigenvalue weighted by Gasteiger charge is -2.25. The van der Waals surface area contributed by atoms with E-state index in [0.29, 0.717) is 12.8 Å². The number of carbonyl (C=O) groups is 1. The van der Waals surface area contributed by atoms with Crippen molar-refractivity contribution in [1.29, 1.82) is 0 Å². The highest BCUT2D eigenvalue weighted by atomic mass is 31.2. The van der Waals surface area contributed by atoms with Crippen molar-refractivity contribution in [3.63, 3.8) is 0 Å². The molecular weight excluding hydrogens is 707 g/mol. The Morgan fingerprint density at radius 1 is 0.527 bits per heavy atom. The summed E-state index contributed by atoms with van der Waals surface area (Å²) in [6, 6.07) is -0.767. The van der Waals surface area contributed by atoms with Crippen LogP contribution in [0.3, 0.4) is 0 Å². The fourth-order valence-corrected chi connectivity index (χ4v) is 8.31. The van der Waals surface area contributed by atoms with E-state index >= 15 is 0 Å². The summed E-state index contributed by atoms with van der Waals surface area (Å²) < 4.78 is 22.2. The lowest BCUT2D eigenvalue weighted by atomic mass is 10.0. The minimum absolute atomic E-state index is 0.0923. The third kappa shape index (κ3) is 41.5. The first-order chi connectivity index (χ1) is 26.9. The Kier molecular flexibility index (Phi) is 42.7. The Morgan fingerprint density at radius 3 is 1.16 bits per heavy atom. The van der Waals surface area contributed by atoms with Crippen LogP contribution in [0.4, 0.5) is 0 Å². The topological polar surface area (TPSA) is 131 Å². The maximum atomic E-state index is 12.8. The summed E-state index contributed by atoms with van der Waals surface area (Å²) in [5, 5.41) is 13.8. The van der Waals surface area contributed by atoms with E-state index in [1.165, 1.54) is 193 Å². The van der Waals surface area contributed by atoms with Crippen LogP contribution < -0.4 is 11.1 Å². The molecular formula is C46H95N2O6P. The molecule has 0 radical (unpaired) electrons. The van der Waals surface area contributed by atoms with Crippen molar-refractivity contribution in [3.05, 3.63) is 0 Å². The summed E-state index contributed by atoms with van der Waals surface area (Å²) in [5.74, 6) is -0.157. The summed E-state index contributed by atoms with van der Waals surface area (Å²) in [6.07, 6.45) is 47.1. The van der Waals surface area contributed by atoms with Crippen LogP contribution in [0.1, 0.15) is 258 Å². The monoisotopic (exact) mass is 803 g/mol. The fraction of sp³-hybridized carbons (Fsp3) is 0.978. The number of hydrogen-bond donors (Lipinski definition) is 4. The Hall–Kier alpha value is -0.500. The predicted molar refractivity (Wildman–Crippen MR) is 236 cm³/mol. The molecule has 0 rings (SSSR count). The van der Waals surface area contributed by atoms with Gasteiger partial charge in [-0.2, -0.15) is 0 Å². The number of nitrogens with two attached hydrogens (primary N) is 1. The van der Waals surface area contributed by atoms with Gasteiger partial charge in [-0.05, 0) is 12.8 Å². The van der Waals surface area contributed by atoms with Crippen LogP contribution in [-0.2, 0) is 18.4 Å². The number of phosphoric ester groups is 1. The molecule has 8 nitrogen and oxygen atoms in total. The molecule has 0 saturated carbocycles. The van der Waals surface area contributed by atoms with Gasteiger partial charge in [0.15, 0.2) is 0 Å². The molecule has 0 aromatic heterocycles. The smallest absolute Gasteiger partial charge is 0.391 e. The van der Waals surface area contributed by atoms with Crippen molar-refractivity contribution < 1.29 is 28.4 Å². The number of rotatable bonds is 46. The van der Waals surface area contributed by atoms with E-state index in [1.807, 2.05) is 0 Å². The van der Waals surface area contributed by atoms with Crippen molar-refractivity contribution in [2.75, 3.05) is 19.8 Å². The highest BCUT2D eigenvalue weighted by Gasteiger charge is 2.27. The number of unbranched alkanes of at least 4 members (excludes halogenated alkanes) is 34. The minimum Gasteiger partial charge on any atom is -0.391 e. The first-order valence-electron chi connectivity index (χ1n) is 24.2. The van der Waals surface area contributed by atoms with Gasteiger partial charge in [0, 0.05) is 13.0 Å². The molecule has 0 aliphatic carbocycles. The van der Waals surface area contributed by atoms with Crippen molar-refractivity contribution in [1.82, 2.24) is 5.32 Å². The summed E-state index contributed by atoms with van der Waals surface area (Å²) in [4.78, 5) is 22.7. The van der Waals surface area contributed by atoms with Gasteiger partial charge in [0.2, 0.25) is 5.91 Å². The molecule has 0 aliphatic rings. The van der Waals surface area contributed by atoms with E-state index in [2.05, 4.69) is 19.2 Å². The fourth-order valence-electron chi connectivity index (χ4n) is 7.55. The van der Waals surface area contributed by atoms with Crippen molar-refractivity contribution in [2.24, 2.45) is 5.73 Å². The Balaban J connectivity index is 3.87. The van der Waals surface area contributed by atoms with Crippen LogP contribution in [-0.4, -0.2) is 47.8 Å². The number of phosphoric acid groups is 1. The standard InChI is InChI=1S/C46H95N2O6P/c1-3-5-7-9-11-13-15-16-17-18-19-20-21-22-23-24-25-26-27-28-29-30-32-34-36-38-40-46(50)48-44(43-54-55(51,52)53-42-41-47)45(49)39-37-35-33-31-14-12-10-8-6-4-2/h44-45,49H,3-43,47H2,1-2H3,(H,48,50)(H,51,52)/t44-,45+/m0/s1. The number of aliphatic hydroxyl groups is 1. The second-order valence-corrected chi connectivity index (χ2v) is 18.1. The second-order valence-electron chi connectivity index (χ2n) is 16.7. The zero-order valence-electron chi connectivity index (χ0n) is 36.7. The van der Waals surface area contributed by atoms with Crippen molar-refractivity contribution in [3.8, 4) is 0 Å². The van der Waals surface area contributed by atoms with E-state index < -0.39 is 20.0 Å². The molecule has 0 fully saturated rings. The average Bonchev–Trinajstić information content (AvgIpc) is 3.17. The highest BCUT2D eigenvalue weighted by Crippen LogP contribution is 2.43. The molecule has 0 aromatic carbocycles. The largest absolute Gasteiger partial charge is 0.472 e. The van der Waals surface area contributed by atoms with Crippen LogP contribution in [0, 0.1) is 0 Å². The zero-order valence-corrected chi connectivity index (χ0v) is 37.6. The van der Waals surface area contributed by atoms with Crippen LogP contribution in [0.25, 0.3) is 0 Å². The van der Waals surface area contributed by atoms with Gasteiger partial charge in [0.05, 0.1) is 25.4 Å². The van der Waals surface area contributed by atoms with Crippen LogP contribution in [0.5, 0.6) is 0 Å². The first kappa shape index (κ1) is 54.5. The van der Waals surface area contributed by atoms with Gasteiger partial charge >= 0.3 is 7.82 Å². The molecule has 1 unspecified atom stereocenters. The van der Waals surface area contributed by atoms with E-state index in [1.54, 1.807) is 0 Å². The number of nitrogens with one attached hydrogen (secondary N) is 1. The molecule has 0 aliphatic heterocycles. The van der Waals surface area contributed by atoms with Gasteiger partial charge in [-0.25, -0.2) is 4.57 Å². The molecule has 0 bridgehead atoms. The normalized spacial score (nSPS) is 13.9. The minimum atomic E-state index is -4.31. The lowest BCUT2D eigenvalue weighted by molar-refractivity contribution is -0.123. The van der Waals surface area contributed by atoms with Crippen LogP contribution >= 0.6 is 7.82 Å². The van der Waals surface area contributed by atoms with Gasteiger partial charge < -0.3 is 21.1 Å². The maximum Gasteiger partial charge on any atom is 0.472 e. The first-order valence-corrected chi connectivity index (χ1v) is 25.6. The molecule has 3 atom stereocenters. The van der Waals surface area contributed by atoms with Gasteiger partial charge in [-0.15, -0.1) is 0 Å². The van der Waals surface area contributed by atoms with Gasteiger partial charge in [-0.1, -0.05) is 239 Å². The Morgan fingerprint density at radius 2 is 0.836 bits per heavy atom. The third-order valence-corrected chi connectivity index (χ3v) is 12.2. The molecule has 9 heteroatoms. The van der Waals surface area contributed by atoms with Gasteiger partial charge in [-0.3, -0.25) is 13.8 Å². The number of hydrogen-bond acceptors (Lipinski definition) is 6. The molecule has 0 spiro atoms. The van der Waals surface area contributed by atoms with E-state index in [4.69, 9.17) is 14.8 Å². The van der Waals surface area contributed by atoms with Crippen molar-refractivity contribution in [2.45, 2.75) is 270 Å². The quantitative estimate of drug-likeness (QED) is 0.0356. The number of amides is 1. The van der Waals surface area contributed by atoms with Gasteiger partial charge in [0.1, 0.15) is 0 Å². The molecule has 0 heterocycles. The lowest BCUT2D eigenvalue weighted by Crippen LogP contribution is -2.46. The molecule has 0 aromatic rings. The SMILES string of the molecule is CCCCCCCCCCCCCCCCCCCCCCCCCCCCC(=O)N[C@@H](COP(=O)(O)OCCN)[C@H](O)CCCCCCCCCCCC. The number of aliphatic hydroxyl groups excluding tert-OH is 1. The van der Waals surface area contributed by atoms with Crippen LogP contribution in [0.2, 0.25) is 0 Å². The van der Waals surface area contributed by atoms with E-state index in [9.17, 15) is 19.4 Å². The third-order valence-electron chi connectivity index (χ3n) is 11.2. The van der Waals surface area contributed by atoms with E-state index in [0.717, 1.165) is 38.5 Å². The molecule has 330 valence electrons. The highest BCUT2D eigenvalue weighted by molar-refractivity contribution is 7.47. The molecule has 1 amide bonds. The summed E-state index contributed by atoms with van der Waals surface area (Å²) >= 11 is 0. The Bertz CT molecular complexity index is 834. The maximum absolute atomic E-state index is 12.8. The second kappa shape index (κ2) is 43.1.